The molecular weight excluding hydrogens is 392 g/mol. The summed E-state index contributed by atoms with van der Waals surface area (Å²) >= 11 is 0. The normalized spacial score (nSPS) is 15.1. The van der Waals surface area contributed by atoms with Crippen molar-refractivity contribution in [1.29, 1.82) is 0 Å². The van der Waals surface area contributed by atoms with Crippen molar-refractivity contribution < 1.29 is 4.79 Å². The van der Waals surface area contributed by atoms with Crippen molar-refractivity contribution in [2.24, 2.45) is 13.0 Å². The van der Waals surface area contributed by atoms with E-state index in [2.05, 4.69) is 43.0 Å². The largest absolute Gasteiger partial charge is 0.343 e. The molecule has 0 saturated heterocycles. The molecule has 2 aliphatic carbocycles. The number of allylic oxidation sites excluding steroid dienone is 1. The van der Waals surface area contributed by atoms with Gasteiger partial charge in [-0.3, -0.25) is 9.48 Å². The quantitative estimate of drug-likeness (QED) is 0.534. The molecule has 0 atom stereocenters. The Morgan fingerprint density at radius 3 is 2.94 bits per heavy atom. The number of fused-ring (bicyclic) bond motifs is 1. The molecule has 0 spiro atoms. The van der Waals surface area contributed by atoms with E-state index in [1.54, 1.807) is 17.1 Å². The second kappa shape index (κ2) is 8.41. The van der Waals surface area contributed by atoms with Gasteiger partial charge < -0.3 is 9.88 Å². The average Bonchev–Trinajstić information content (AvgIpc) is 3.17. The maximum Gasteiger partial charge on any atom is 0.273 e. The predicted molar refractivity (Wildman–Crippen MR) is 114 cm³/mol. The van der Waals surface area contributed by atoms with Crippen molar-refractivity contribution in [3.8, 4) is 0 Å². The van der Waals surface area contributed by atoms with Crippen molar-refractivity contribution in [2.75, 3.05) is 0 Å². The molecular formula is C22H26N8O. The molecule has 0 aromatic carbocycles. The first-order valence-corrected chi connectivity index (χ1v) is 10.9. The molecule has 1 fully saturated rings. The van der Waals surface area contributed by atoms with Gasteiger partial charge in [-0.05, 0) is 49.7 Å². The minimum atomic E-state index is -0.249. The Morgan fingerprint density at radius 1 is 1.23 bits per heavy atom. The molecule has 9 heteroatoms. The Bertz CT molecular complexity index is 1120. The third-order valence-electron chi connectivity index (χ3n) is 5.94. The zero-order chi connectivity index (χ0) is 21.2. The summed E-state index contributed by atoms with van der Waals surface area (Å²) in [5, 5.41) is 19.7. The van der Waals surface area contributed by atoms with Crippen LogP contribution in [0.15, 0.2) is 30.2 Å². The van der Waals surface area contributed by atoms with Crippen molar-refractivity contribution in [3.63, 3.8) is 0 Å². The van der Waals surface area contributed by atoms with Gasteiger partial charge in [0, 0.05) is 32.4 Å². The van der Waals surface area contributed by atoms with Gasteiger partial charge >= 0.3 is 0 Å². The third-order valence-corrected chi connectivity index (χ3v) is 5.94. The first-order chi connectivity index (χ1) is 15.2. The smallest absolute Gasteiger partial charge is 0.273 e. The Labute approximate surface area is 180 Å². The summed E-state index contributed by atoms with van der Waals surface area (Å²) in [7, 11) is 1.89. The van der Waals surface area contributed by atoms with Gasteiger partial charge in [-0.2, -0.15) is 10.2 Å². The lowest BCUT2D eigenvalue weighted by Crippen LogP contribution is -2.24. The number of nitrogens with zero attached hydrogens (tertiary/aromatic N) is 7. The van der Waals surface area contributed by atoms with E-state index in [1.165, 1.54) is 24.0 Å². The standard InChI is InChI=1S/C22H26N8O/c1-29-9-7-23-21(29)13-24-22(31)20-14-30(28-27-20)8-3-2-4-18-11-17-10-16(15-5-6-15)12-19(17)26-25-18/h7,9-11,14-15H,2-6,8,12-13H2,1H3,(H,24,31). The number of amides is 1. The second-order valence-electron chi connectivity index (χ2n) is 8.37. The number of imidazole rings is 1. The number of nitrogens with one attached hydrogen (secondary N) is 1. The number of hydrogen-bond donors (Lipinski definition) is 1. The molecule has 3 heterocycles. The number of carbonyl (C=O) groups is 1. The lowest BCUT2D eigenvalue weighted by molar-refractivity contribution is 0.0944. The Morgan fingerprint density at radius 2 is 2.13 bits per heavy atom. The fourth-order valence-electron chi connectivity index (χ4n) is 3.93. The number of unbranched alkanes of at least 4 members (excludes halogenated alkanes) is 1. The summed E-state index contributed by atoms with van der Waals surface area (Å²) in [4.78, 5) is 16.4. The van der Waals surface area contributed by atoms with Crippen LogP contribution in [-0.2, 0) is 33.0 Å². The Hall–Kier alpha value is -3.36. The van der Waals surface area contributed by atoms with Crippen molar-refractivity contribution >= 4 is 12.0 Å². The molecule has 3 aromatic rings. The van der Waals surface area contributed by atoms with E-state index in [0.29, 0.717) is 18.8 Å². The maximum absolute atomic E-state index is 12.3. The highest BCUT2D eigenvalue weighted by atomic mass is 16.2. The summed E-state index contributed by atoms with van der Waals surface area (Å²) < 4.78 is 3.58. The number of rotatable bonds is 9. The van der Waals surface area contributed by atoms with Crippen LogP contribution >= 0.6 is 0 Å². The van der Waals surface area contributed by atoms with Crippen LogP contribution in [0.4, 0.5) is 0 Å². The van der Waals surface area contributed by atoms with Crippen LogP contribution in [0.2, 0.25) is 0 Å². The topological polar surface area (TPSA) is 103 Å². The molecule has 9 nitrogen and oxygen atoms in total. The predicted octanol–water partition coefficient (Wildman–Crippen LogP) is 2.10. The van der Waals surface area contributed by atoms with Gasteiger partial charge in [0.2, 0.25) is 0 Å². The van der Waals surface area contributed by atoms with Gasteiger partial charge in [-0.25, -0.2) is 4.98 Å². The molecule has 0 radical (unpaired) electrons. The Kier molecular flexibility index (Phi) is 5.31. The zero-order valence-corrected chi connectivity index (χ0v) is 17.7. The summed E-state index contributed by atoms with van der Waals surface area (Å²) in [5.74, 6) is 1.33. The van der Waals surface area contributed by atoms with E-state index in [4.69, 9.17) is 0 Å². The monoisotopic (exact) mass is 418 g/mol. The van der Waals surface area contributed by atoms with Crippen LogP contribution in [-0.4, -0.2) is 40.6 Å². The molecule has 1 saturated carbocycles. The number of aryl methyl sites for hydroxylation is 3. The van der Waals surface area contributed by atoms with E-state index in [-0.39, 0.29) is 5.91 Å². The molecule has 0 unspecified atom stereocenters. The van der Waals surface area contributed by atoms with Gasteiger partial charge in [-0.15, -0.1) is 5.10 Å². The highest BCUT2D eigenvalue weighted by molar-refractivity contribution is 5.91. The first-order valence-electron chi connectivity index (χ1n) is 10.9. The molecule has 2 aliphatic rings. The van der Waals surface area contributed by atoms with E-state index in [0.717, 1.165) is 48.8 Å². The average molecular weight is 419 g/mol. The van der Waals surface area contributed by atoms with Crippen LogP contribution in [0.1, 0.15) is 58.9 Å². The number of hydrogen-bond acceptors (Lipinski definition) is 6. The lowest BCUT2D eigenvalue weighted by Gasteiger charge is -2.03. The minimum Gasteiger partial charge on any atom is -0.343 e. The molecule has 5 rings (SSSR count). The fraction of sp³-hybridized carbons (Fsp3) is 0.455. The van der Waals surface area contributed by atoms with Crippen LogP contribution < -0.4 is 5.32 Å². The van der Waals surface area contributed by atoms with Gasteiger partial charge in [-0.1, -0.05) is 16.9 Å². The van der Waals surface area contributed by atoms with E-state index >= 15 is 0 Å². The summed E-state index contributed by atoms with van der Waals surface area (Å²) in [6.07, 6.45) is 14.0. The molecule has 1 amide bonds. The van der Waals surface area contributed by atoms with E-state index in [9.17, 15) is 4.79 Å². The third kappa shape index (κ3) is 4.55. The first kappa shape index (κ1) is 19.6. The number of aromatic nitrogens is 7. The second-order valence-corrected chi connectivity index (χ2v) is 8.37. The van der Waals surface area contributed by atoms with Crippen molar-refractivity contribution in [2.45, 2.75) is 51.6 Å². The molecule has 1 N–H and O–H groups in total. The van der Waals surface area contributed by atoms with E-state index < -0.39 is 0 Å². The van der Waals surface area contributed by atoms with Crippen LogP contribution in [0, 0.1) is 5.92 Å². The van der Waals surface area contributed by atoms with Gasteiger partial charge in [0.25, 0.3) is 5.91 Å². The van der Waals surface area contributed by atoms with Crippen molar-refractivity contribution in [1.82, 2.24) is 40.1 Å². The molecule has 0 aliphatic heterocycles. The van der Waals surface area contributed by atoms with Crippen LogP contribution in [0.5, 0.6) is 0 Å². The van der Waals surface area contributed by atoms with Gasteiger partial charge in [0.1, 0.15) is 5.82 Å². The molecule has 160 valence electrons. The lowest BCUT2D eigenvalue weighted by atomic mass is 10.1. The summed E-state index contributed by atoms with van der Waals surface area (Å²) in [6.45, 7) is 1.07. The van der Waals surface area contributed by atoms with Crippen LogP contribution in [0.25, 0.3) is 6.08 Å². The van der Waals surface area contributed by atoms with Crippen molar-refractivity contribution in [3.05, 3.63) is 58.7 Å². The fourth-order valence-corrected chi connectivity index (χ4v) is 3.93. The van der Waals surface area contributed by atoms with E-state index in [1.807, 2.05) is 17.8 Å². The molecule has 3 aromatic heterocycles. The van der Waals surface area contributed by atoms with Gasteiger partial charge in [0.05, 0.1) is 24.1 Å². The molecule has 0 bridgehead atoms. The zero-order valence-electron chi connectivity index (χ0n) is 17.7. The molecule has 31 heavy (non-hydrogen) atoms. The minimum absolute atomic E-state index is 0.249. The SMILES string of the molecule is Cn1ccnc1CNC(=O)c1cn(CCCCc2cc3c(nn2)CC(C2CC2)=C3)nn1. The van der Waals surface area contributed by atoms with Gasteiger partial charge in [0.15, 0.2) is 5.69 Å². The highest BCUT2D eigenvalue weighted by Gasteiger charge is 2.29. The highest BCUT2D eigenvalue weighted by Crippen LogP contribution is 2.41. The maximum atomic E-state index is 12.3. The summed E-state index contributed by atoms with van der Waals surface area (Å²) in [5.41, 5.74) is 5.27. The number of carbonyl (C=O) groups excluding carboxylic acids is 1. The Balaban J connectivity index is 1.07. The summed E-state index contributed by atoms with van der Waals surface area (Å²) in [6, 6.07) is 2.19. The van der Waals surface area contributed by atoms with Crippen LogP contribution in [0.3, 0.4) is 0 Å².